The van der Waals surface area contributed by atoms with Crippen LogP contribution < -0.4 is 5.73 Å². The first-order valence-electron chi connectivity index (χ1n) is 5.46. The molecule has 0 radical (unpaired) electrons. The molecule has 1 aliphatic heterocycles. The molecule has 2 N–H and O–H groups in total. The summed E-state index contributed by atoms with van der Waals surface area (Å²) in [5.74, 6) is -0.860. The van der Waals surface area contributed by atoms with Gasteiger partial charge in [-0.3, -0.25) is 4.79 Å². The Labute approximate surface area is 94.0 Å². The molecule has 16 heavy (non-hydrogen) atoms. The van der Waals surface area contributed by atoms with Crippen molar-refractivity contribution in [1.29, 1.82) is 0 Å². The third-order valence-corrected chi connectivity index (χ3v) is 3.07. The van der Waals surface area contributed by atoms with Gasteiger partial charge in [0, 0.05) is 12.6 Å². The Kier molecular flexibility index (Phi) is 2.81. The summed E-state index contributed by atoms with van der Waals surface area (Å²) in [5, 5.41) is 0. The summed E-state index contributed by atoms with van der Waals surface area (Å²) >= 11 is 0. The van der Waals surface area contributed by atoms with E-state index in [9.17, 15) is 9.18 Å². The van der Waals surface area contributed by atoms with Crippen molar-refractivity contribution in [2.24, 2.45) is 0 Å². The number of carbonyl (C=O) groups is 1. The van der Waals surface area contributed by atoms with E-state index in [1.165, 1.54) is 12.1 Å². The van der Waals surface area contributed by atoms with Crippen LogP contribution in [0.5, 0.6) is 0 Å². The largest absolute Gasteiger partial charge is 0.396 e. The number of halogens is 1. The summed E-state index contributed by atoms with van der Waals surface area (Å²) in [4.78, 5) is 13.8. The Morgan fingerprint density at radius 2 is 2.31 bits per heavy atom. The highest BCUT2D eigenvalue weighted by molar-refractivity contribution is 5.95. The number of nitrogen functional groups attached to an aromatic ring is 1. The van der Waals surface area contributed by atoms with Crippen LogP contribution >= 0.6 is 0 Å². The molecule has 3 nitrogen and oxygen atoms in total. The molecule has 0 spiro atoms. The average molecular weight is 222 g/mol. The van der Waals surface area contributed by atoms with E-state index in [1.54, 1.807) is 11.0 Å². The Bertz CT molecular complexity index is 419. The van der Waals surface area contributed by atoms with Gasteiger partial charge in [0.05, 0.1) is 11.3 Å². The summed E-state index contributed by atoms with van der Waals surface area (Å²) in [6, 6.07) is 4.73. The molecule has 1 aromatic carbocycles. The minimum atomic E-state index is -0.605. The minimum absolute atomic E-state index is 0.0256. The first-order valence-corrected chi connectivity index (χ1v) is 5.46. The van der Waals surface area contributed by atoms with Gasteiger partial charge < -0.3 is 10.6 Å². The van der Waals surface area contributed by atoms with Gasteiger partial charge in [0.15, 0.2) is 5.82 Å². The van der Waals surface area contributed by atoms with Gasteiger partial charge in [0.2, 0.25) is 0 Å². The van der Waals surface area contributed by atoms with E-state index in [4.69, 9.17) is 5.73 Å². The highest BCUT2D eigenvalue weighted by atomic mass is 19.1. The summed E-state index contributed by atoms with van der Waals surface area (Å²) in [6.07, 6.45) is 1.96. The van der Waals surface area contributed by atoms with Crippen molar-refractivity contribution in [1.82, 2.24) is 4.90 Å². The van der Waals surface area contributed by atoms with Crippen LogP contribution in [0.15, 0.2) is 18.2 Å². The second-order valence-corrected chi connectivity index (χ2v) is 4.20. The van der Waals surface area contributed by atoms with E-state index in [-0.39, 0.29) is 23.2 Å². The molecule has 86 valence electrons. The molecule has 1 aromatic rings. The van der Waals surface area contributed by atoms with Crippen molar-refractivity contribution < 1.29 is 9.18 Å². The van der Waals surface area contributed by atoms with E-state index >= 15 is 0 Å². The van der Waals surface area contributed by atoms with Gasteiger partial charge in [-0.25, -0.2) is 4.39 Å². The van der Waals surface area contributed by atoms with Gasteiger partial charge in [-0.1, -0.05) is 6.07 Å². The maximum Gasteiger partial charge on any atom is 0.257 e. The molecule has 1 fully saturated rings. The highest BCUT2D eigenvalue weighted by Crippen LogP contribution is 2.22. The predicted octanol–water partition coefficient (Wildman–Crippen LogP) is 2.03. The number of hydrogen-bond donors (Lipinski definition) is 1. The number of likely N-dealkylation sites (tertiary alicyclic amines) is 1. The zero-order chi connectivity index (χ0) is 11.7. The Morgan fingerprint density at radius 3 is 2.94 bits per heavy atom. The molecule has 0 bridgehead atoms. The molecule has 2 rings (SSSR count). The zero-order valence-corrected chi connectivity index (χ0v) is 9.24. The molecule has 4 heteroatoms. The predicted molar refractivity (Wildman–Crippen MR) is 60.5 cm³/mol. The van der Waals surface area contributed by atoms with Crippen LogP contribution in [-0.2, 0) is 0 Å². The lowest BCUT2D eigenvalue weighted by molar-refractivity contribution is 0.0743. The third kappa shape index (κ3) is 1.75. The molecular formula is C12H15FN2O. The van der Waals surface area contributed by atoms with Crippen molar-refractivity contribution in [3.8, 4) is 0 Å². The quantitative estimate of drug-likeness (QED) is 0.739. The Morgan fingerprint density at radius 1 is 1.56 bits per heavy atom. The van der Waals surface area contributed by atoms with Crippen LogP contribution in [0.1, 0.15) is 30.1 Å². The van der Waals surface area contributed by atoms with Crippen molar-refractivity contribution in [2.75, 3.05) is 12.3 Å². The van der Waals surface area contributed by atoms with Crippen LogP contribution in [0.3, 0.4) is 0 Å². The van der Waals surface area contributed by atoms with Crippen LogP contribution in [-0.4, -0.2) is 23.4 Å². The summed E-state index contributed by atoms with van der Waals surface area (Å²) in [6.45, 7) is 2.68. The Hall–Kier alpha value is -1.58. The monoisotopic (exact) mass is 222 g/mol. The first-order chi connectivity index (χ1) is 7.61. The topological polar surface area (TPSA) is 46.3 Å². The van der Waals surface area contributed by atoms with Crippen molar-refractivity contribution in [3.05, 3.63) is 29.6 Å². The van der Waals surface area contributed by atoms with E-state index in [1.807, 2.05) is 6.92 Å². The second kappa shape index (κ2) is 4.12. The maximum absolute atomic E-state index is 13.7. The van der Waals surface area contributed by atoms with E-state index in [0.29, 0.717) is 6.54 Å². The van der Waals surface area contributed by atoms with Gasteiger partial charge in [-0.2, -0.15) is 0 Å². The fraction of sp³-hybridized carbons (Fsp3) is 0.417. The molecule has 1 heterocycles. The molecule has 0 aliphatic carbocycles. The van der Waals surface area contributed by atoms with Crippen molar-refractivity contribution in [3.63, 3.8) is 0 Å². The molecule has 1 aliphatic rings. The van der Waals surface area contributed by atoms with Crippen LogP contribution in [0.4, 0.5) is 10.1 Å². The van der Waals surface area contributed by atoms with Gasteiger partial charge in [0.25, 0.3) is 5.91 Å². The molecule has 1 amide bonds. The number of nitrogens with two attached hydrogens (primary N) is 1. The number of hydrogen-bond acceptors (Lipinski definition) is 2. The maximum atomic E-state index is 13.7. The number of amides is 1. The lowest BCUT2D eigenvalue weighted by atomic mass is 10.1. The van der Waals surface area contributed by atoms with Gasteiger partial charge in [0.1, 0.15) is 0 Å². The lowest BCUT2D eigenvalue weighted by Gasteiger charge is -2.21. The number of carbonyl (C=O) groups excluding carboxylic acids is 1. The second-order valence-electron chi connectivity index (χ2n) is 4.20. The van der Waals surface area contributed by atoms with Gasteiger partial charge in [-0.15, -0.1) is 0 Å². The number of rotatable bonds is 1. The van der Waals surface area contributed by atoms with Gasteiger partial charge in [-0.05, 0) is 31.9 Å². The van der Waals surface area contributed by atoms with Crippen molar-refractivity contribution >= 4 is 11.6 Å². The summed E-state index contributed by atoms with van der Waals surface area (Å²) in [7, 11) is 0. The number of nitrogens with zero attached hydrogens (tertiary/aromatic N) is 1. The van der Waals surface area contributed by atoms with E-state index < -0.39 is 5.82 Å². The van der Waals surface area contributed by atoms with Crippen LogP contribution in [0.2, 0.25) is 0 Å². The smallest absolute Gasteiger partial charge is 0.257 e. The SMILES string of the molecule is C[C@@H]1CCCN1C(=O)c1cccc(N)c1F. The van der Waals surface area contributed by atoms with Gasteiger partial charge >= 0.3 is 0 Å². The van der Waals surface area contributed by atoms with E-state index in [2.05, 4.69) is 0 Å². The Balaban J connectivity index is 2.30. The summed E-state index contributed by atoms with van der Waals surface area (Å²) < 4.78 is 13.7. The molecular weight excluding hydrogens is 207 g/mol. The molecule has 0 saturated carbocycles. The normalized spacial score (nSPS) is 20.1. The van der Waals surface area contributed by atoms with Crippen LogP contribution in [0.25, 0.3) is 0 Å². The third-order valence-electron chi connectivity index (χ3n) is 3.07. The molecule has 1 atom stereocenters. The summed E-state index contributed by atoms with van der Waals surface area (Å²) in [5.41, 5.74) is 5.55. The highest BCUT2D eigenvalue weighted by Gasteiger charge is 2.27. The average Bonchev–Trinajstić information content (AvgIpc) is 2.68. The van der Waals surface area contributed by atoms with E-state index in [0.717, 1.165) is 12.8 Å². The van der Waals surface area contributed by atoms with Crippen LogP contribution in [0, 0.1) is 5.82 Å². The molecule has 0 aromatic heterocycles. The fourth-order valence-corrected chi connectivity index (χ4v) is 2.10. The number of benzene rings is 1. The van der Waals surface area contributed by atoms with Crippen molar-refractivity contribution in [2.45, 2.75) is 25.8 Å². The fourth-order valence-electron chi connectivity index (χ4n) is 2.10. The minimum Gasteiger partial charge on any atom is -0.396 e. The zero-order valence-electron chi connectivity index (χ0n) is 9.24. The standard InChI is InChI=1S/C12H15FN2O/c1-8-4-3-7-15(8)12(16)9-5-2-6-10(14)11(9)13/h2,5-6,8H,3-4,7,14H2,1H3/t8-/m1/s1. The lowest BCUT2D eigenvalue weighted by Crippen LogP contribution is -2.34. The number of anilines is 1. The molecule has 0 unspecified atom stereocenters. The molecule has 1 saturated heterocycles. The first kappa shape index (κ1) is 10.9.